The number of hydrogen-bond donors (Lipinski definition) is 4. The standard InChI is InChI=1S/C22H33N7O2/c1-13(2)12-24-21(30)20-25-16-10-9-14(3)11-15(16)19(28-20)26-17-7-5-6-8-18(17)27-22(23)29-31-4/h9-11,13,17-18H,5-8,12H2,1-4H3,(H,24,30)(H3,23,27,29)(H,25,26,28)/t17-,18+/m0/s1. The van der Waals surface area contributed by atoms with E-state index in [9.17, 15) is 4.79 Å². The van der Waals surface area contributed by atoms with E-state index in [0.29, 0.717) is 18.3 Å². The molecule has 31 heavy (non-hydrogen) atoms. The molecule has 1 aliphatic rings. The molecule has 2 aromatic rings. The van der Waals surface area contributed by atoms with Gasteiger partial charge in [-0.15, -0.1) is 0 Å². The molecular weight excluding hydrogens is 394 g/mol. The molecule has 1 amide bonds. The van der Waals surface area contributed by atoms with Crippen molar-refractivity contribution < 1.29 is 9.63 Å². The summed E-state index contributed by atoms with van der Waals surface area (Å²) in [4.78, 5) is 26.6. The van der Waals surface area contributed by atoms with Gasteiger partial charge in [-0.05, 0) is 43.0 Å². The van der Waals surface area contributed by atoms with E-state index in [1.54, 1.807) is 0 Å². The van der Waals surface area contributed by atoms with Crippen LogP contribution >= 0.6 is 0 Å². The monoisotopic (exact) mass is 427 g/mol. The van der Waals surface area contributed by atoms with Gasteiger partial charge in [0.15, 0.2) is 0 Å². The molecule has 168 valence electrons. The van der Waals surface area contributed by atoms with Gasteiger partial charge in [-0.25, -0.2) is 9.97 Å². The molecule has 0 bridgehead atoms. The summed E-state index contributed by atoms with van der Waals surface area (Å²) in [5, 5.41) is 14.4. The summed E-state index contributed by atoms with van der Waals surface area (Å²) in [7, 11) is 1.46. The summed E-state index contributed by atoms with van der Waals surface area (Å²) in [5.41, 5.74) is 7.75. The molecule has 1 aliphatic carbocycles. The van der Waals surface area contributed by atoms with Gasteiger partial charge in [-0.2, -0.15) is 0 Å². The molecule has 1 fully saturated rings. The molecule has 1 saturated carbocycles. The SMILES string of the molecule is CO/N=C(/N)N[C@@H]1CCCC[C@@H]1Nc1nc(C(=O)NCC(C)C)nc2ccc(C)cc12. The summed E-state index contributed by atoms with van der Waals surface area (Å²) >= 11 is 0. The molecule has 9 heteroatoms. The Morgan fingerprint density at radius 1 is 1.26 bits per heavy atom. The van der Waals surface area contributed by atoms with Gasteiger partial charge in [-0.3, -0.25) is 4.79 Å². The Morgan fingerprint density at radius 3 is 2.71 bits per heavy atom. The van der Waals surface area contributed by atoms with Crippen LogP contribution in [0.4, 0.5) is 5.82 Å². The van der Waals surface area contributed by atoms with Crippen LogP contribution < -0.4 is 21.7 Å². The van der Waals surface area contributed by atoms with Crippen molar-refractivity contribution in [2.45, 2.75) is 58.5 Å². The fourth-order valence-corrected chi connectivity index (χ4v) is 3.80. The highest BCUT2D eigenvalue weighted by Crippen LogP contribution is 2.27. The van der Waals surface area contributed by atoms with Crippen molar-refractivity contribution in [2.24, 2.45) is 16.8 Å². The van der Waals surface area contributed by atoms with Crippen LogP contribution in [0.15, 0.2) is 23.4 Å². The number of aromatic nitrogens is 2. The highest BCUT2D eigenvalue weighted by atomic mass is 16.6. The van der Waals surface area contributed by atoms with Crippen molar-refractivity contribution in [3.05, 3.63) is 29.6 Å². The summed E-state index contributed by atoms with van der Waals surface area (Å²) in [6.07, 6.45) is 4.09. The molecule has 1 heterocycles. The number of nitrogens with zero attached hydrogens (tertiary/aromatic N) is 3. The lowest BCUT2D eigenvalue weighted by Crippen LogP contribution is -2.51. The van der Waals surface area contributed by atoms with Crippen LogP contribution in [-0.2, 0) is 4.84 Å². The van der Waals surface area contributed by atoms with Crippen molar-refractivity contribution in [3.63, 3.8) is 0 Å². The summed E-state index contributed by atoms with van der Waals surface area (Å²) < 4.78 is 0. The quantitative estimate of drug-likeness (QED) is 0.304. The average molecular weight is 428 g/mol. The number of hydrogen-bond acceptors (Lipinski definition) is 6. The number of fused-ring (bicyclic) bond motifs is 1. The first-order chi connectivity index (χ1) is 14.9. The minimum atomic E-state index is -0.269. The van der Waals surface area contributed by atoms with Crippen molar-refractivity contribution in [1.29, 1.82) is 0 Å². The zero-order chi connectivity index (χ0) is 22.4. The van der Waals surface area contributed by atoms with E-state index >= 15 is 0 Å². The lowest BCUT2D eigenvalue weighted by Gasteiger charge is -2.33. The van der Waals surface area contributed by atoms with E-state index < -0.39 is 0 Å². The van der Waals surface area contributed by atoms with Crippen LogP contribution in [0.1, 0.15) is 55.7 Å². The van der Waals surface area contributed by atoms with Crippen LogP contribution in [0, 0.1) is 12.8 Å². The van der Waals surface area contributed by atoms with Gasteiger partial charge >= 0.3 is 0 Å². The van der Waals surface area contributed by atoms with Gasteiger partial charge in [0.1, 0.15) is 12.9 Å². The maximum Gasteiger partial charge on any atom is 0.289 e. The number of amides is 1. The predicted octanol–water partition coefficient (Wildman–Crippen LogP) is 2.51. The number of nitrogens with one attached hydrogen (secondary N) is 3. The van der Waals surface area contributed by atoms with Crippen LogP contribution in [0.5, 0.6) is 0 Å². The van der Waals surface area contributed by atoms with Crippen molar-refractivity contribution in [3.8, 4) is 0 Å². The molecule has 0 saturated heterocycles. The molecule has 1 aromatic carbocycles. The first-order valence-corrected chi connectivity index (χ1v) is 10.8. The minimum absolute atomic E-state index is 0.0701. The van der Waals surface area contributed by atoms with E-state index in [1.165, 1.54) is 7.11 Å². The van der Waals surface area contributed by atoms with Crippen LogP contribution in [0.25, 0.3) is 10.9 Å². The molecular formula is C22H33N7O2. The molecule has 0 unspecified atom stereocenters. The van der Waals surface area contributed by atoms with Crippen molar-refractivity contribution in [2.75, 3.05) is 19.0 Å². The van der Waals surface area contributed by atoms with Crippen LogP contribution in [0.3, 0.4) is 0 Å². The molecule has 9 nitrogen and oxygen atoms in total. The lowest BCUT2D eigenvalue weighted by atomic mass is 9.90. The van der Waals surface area contributed by atoms with E-state index in [-0.39, 0.29) is 29.8 Å². The first kappa shape index (κ1) is 22.6. The summed E-state index contributed by atoms with van der Waals surface area (Å²) in [6.45, 7) is 6.70. The van der Waals surface area contributed by atoms with Gasteiger partial charge in [0.05, 0.1) is 5.52 Å². The third-order valence-corrected chi connectivity index (χ3v) is 5.34. The number of benzene rings is 1. The maximum absolute atomic E-state index is 12.7. The highest BCUT2D eigenvalue weighted by Gasteiger charge is 2.27. The molecule has 1 aromatic heterocycles. The normalized spacial score (nSPS) is 19.3. The molecule has 0 spiro atoms. The zero-order valence-electron chi connectivity index (χ0n) is 18.7. The number of guanidine groups is 1. The number of aryl methyl sites for hydroxylation is 1. The Hall–Kier alpha value is -3.10. The second-order valence-corrected chi connectivity index (χ2v) is 8.47. The Bertz CT molecular complexity index is 945. The molecule has 0 aliphatic heterocycles. The van der Waals surface area contributed by atoms with Gasteiger partial charge in [0.2, 0.25) is 11.8 Å². The Kier molecular flexibility index (Phi) is 7.49. The third kappa shape index (κ3) is 5.96. The largest absolute Gasteiger partial charge is 0.396 e. The minimum Gasteiger partial charge on any atom is -0.396 e. The summed E-state index contributed by atoms with van der Waals surface area (Å²) in [6, 6.07) is 6.10. The predicted molar refractivity (Wildman–Crippen MR) is 123 cm³/mol. The Labute approximate surface area is 183 Å². The Morgan fingerprint density at radius 2 is 2.00 bits per heavy atom. The molecule has 2 atom stereocenters. The first-order valence-electron chi connectivity index (χ1n) is 10.8. The van der Waals surface area contributed by atoms with Crippen molar-refractivity contribution in [1.82, 2.24) is 20.6 Å². The number of rotatable bonds is 7. The second-order valence-electron chi connectivity index (χ2n) is 8.47. The number of carbonyl (C=O) groups is 1. The van der Waals surface area contributed by atoms with Crippen LogP contribution in [0.2, 0.25) is 0 Å². The second kappa shape index (κ2) is 10.3. The van der Waals surface area contributed by atoms with Gasteiger partial charge < -0.3 is 26.5 Å². The fourth-order valence-electron chi connectivity index (χ4n) is 3.80. The molecule has 0 radical (unpaired) electrons. The van der Waals surface area contributed by atoms with Crippen LogP contribution in [-0.4, -0.2) is 47.6 Å². The lowest BCUT2D eigenvalue weighted by molar-refractivity contribution is 0.0939. The highest BCUT2D eigenvalue weighted by molar-refractivity contribution is 5.96. The summed E-state index contributed by atoms with van der Waals surface area (Å²) in [5.74, 6) is 1.15. The van der Waals surface area contributed by atoms with E-state index in [4.69, 9.17) is 10.6 Å². The number of oxime groups is 1. The Balaban J connectivity index is 1.92. The molecule has 5 N–H and O–H groups in total. The van der Waals surface area contributed by atoms with Crippen molar-refractivity contribution >= 4 is 28.6 Å². The van der Waals surface area contributed by atoms with E-state index in [1.807, 2.05) is 39.0 Å². The van der Waals surface area contributed by atoms with Gasteiger partial charge in [-0.1, -0.05) is 38.3 Å². The van der Waals surface area contributed by atoms with Gasteiger partial charge in [0, 0.05) is 24.0 Å². The average Bonchev–Trinajstić information content (AvgIpc) is 2.73. The zero-order valence-corrected chi connectivity index (χ0v) is 18.7. The number of carbonyl (C=O) groups excluding carboxylic acids is 1. The van der Waals surface area contributed by atoms with Gasteiger partial charge in [0.25, 0.3) is 5.91 Å². The number of nitrogens with two attached hydrogens (primary N) is 1. The smallest absolute Gasteiger partial charge is 0.289 e. The molecule has 3 rings (SSSR count). The van der Waals surface area contributed by atoms with E-state index in [0.717, 1.165) is 42.1 Å². The van der Waals surface area contributed by atoms with E-state index in [2.05, 4.69) is 31.1 Å². The fraction of sp³-hybridized carbons (Fsp3) is 0.545. The third-order valence-electron chi connectivity index (χ3n) is 5.34. The number of anilines is 1. The maximum atomic E-state index is 12.7. The topological polar surface area (TPSA) is 127 Å².